The molecule has 0 nitrogen and oxygen atoms in total. The Kier molecular flexibility index (Phi) is 3.35. The summed E-state index contributed by atoms with van der Waals surface area (Å²) in [7, 11) is 2.25. The van der Waals surface area contributed by atoms with Gasteiger partial charge in [-0.25, -0.2) is 0 Å². The van der Waals surface area contributed by atoms with Crippen molar-refractivity contribution < 1.29 is 0 Å². The zero-order valence-corrected chi connectivity index (χ0v) is 11.9. The van der Waals surface area contributed by atoms with Gasteiger partial charge in [0.1, 0.15) is 0 Å². The molecule has 0 bridgehead atoms. The van der Waals surface area contributed by atoms with E-state index in [2.05, 4.69) is 46.2 Å². The Morgan fingerprint density at radius 2 is 1.87 bits per heavy atom. The van der Waals surface area contributed by atoms with E-state index >= 15 is 0 Å². The summed E-state index contributed by atoms with van der Waals surface area (Å²) in [6, 6.07) is 9.03. The Hall–Kier alpha value is 0.439. The molecule has 3 heteroatoms. The van der Waals surface area contributed by atoms with E-state index in [9.17, 15) is 0 Å². The third-order valence-corrected chi connectivity index (χ3v) is 10.1. The fourth-order valence-corrected chi connectivity index (χ4v) is 10.0. The molecule has 1 fully saturated rings. The minimum atomic E-state index is 0.653. The molecule has 1 aliphatic carbocycles. The van der Waals surface area contributed by atoms with Crippen LogP contribution in [0.5, 0.6) is 0 Å². The summed E-state index contributed by atoms with van der Waals surface area (Å²) >= 11 is 2.81. The first-order valence-electron chi connectivity index (χ1n) is 5.52. The number of rotatable bonds is 0. The first kappa shape index (κ1) is 10.6. The Morgan fingerprint density at radius 1 is 1.07 bits per heavy atom. The van der Waals surface area contributed by atoms with Crippen LogP contribution in [-0.2, 0) is 0 Å². The number of benzene rings is 1. The Balaban J connectivity index is 1.88. The third kappa shape index (κ3) is 2.26. The molecule has 1 aliphatic heterocycles. The number of hydrogen-bond acceptors (Lipinski definition) is 2. The van der Waals surface area contributed by atoms with Gasteiger partial charge in [0.05, 0.1) is 0 Å². The average molecular weight is 301 g/mol. The molecular weight excluding hydrogens is 287 g/mol. The molecule has 1 saturated carbocycles. The van der Waals surface area contributed by atoms with Crippen LogP contribution in [0.25, 0.3) is 0 Å². The van der Waals surface area contributed by atoms with Crippen LogP contribution in [-0.4, -0.2) is 24.3 Å². The van der Waals surface area contributed by atoms with Crippen LogP contribution in [0.4, 0.5) is 0 Å². The van der Waals surface area contributed by atoms with Gasteiger partial charge in [0.25, 0.3) is 0 Å². The zero-order chi connectivity index (χ0) is 10.1. The van der Waals surface area contributed by atoms with Crippen molar-refractivity contribution in [3.8, 4) is 0 Å². The van der Waals surface area contributed by atoms with E-state index in [1.807, 2.05) is 0 Å². The van der Waals surface area contributed by atoms with E-state index in [0.29, 0.717) is 13.8 Å². The molecular formula is C12H14S2Se. The Bertz CT molecular complexity index is 353. The van der Waals surface area contributed by atoms with E-state index in [-0.39, 0.29) is 0 Å². The molecule has 2 atom stereocenters. The van der Waals surface area contributed by atoms with E-state index in [1.165, 1.54) is 25.7 Å². The van der Waals surface area contributed by atoms with E-state index in [1.54, 1.807) is 9.36 Å². The first-order chi connectivity index (χ1) is 7.43. The average Bonchev–Trinajstić information content (AvgIpc) is 2.48. The molecule has 2 unspecified atom stereocenters. The molecule has 0 amide bonds. The summed E-state index contributed by atoms with van der Waals surface area (Å²) < 4.78 is 1.62. The van der Waals surface area contributed by atoms with Crippen molar-refractivity contribution in [1.82, 2.24) is 0 Å². The van der Waals surface area contributed by atoms with Gasteiger partial charge in [-0.05, 0) is 0 Å². The SMILES string of the molecule is c1ccc2c(c1)SC1CCCCC1S[Se]2. The molecule has 1 aromatic carbocycles. The van der Waals surface area contributed by atoms with Crippen molar-refractivity contribution in [3.63, 3.8) is 0 Å². The number of hydrogen-bond donors (Lipinski definition) is 0. The fourth-order valence-electron chi connectivity index (χ4n) is 2.20. The van der Waals surface area contributed by atoms with Crippen LogP contribution < -0.4 is 4.46 Å². The molecule has 1 heterocycles. The molecule has 15 heavy (non-hydrogen) atoms. The molecule has 0 spiro atoms. The Labute approximate surface area is 105 Å². The van der Waals surface area contributed by atoms with Crippen molar-refractivity contribution in [3.05, 3.63) is 24.3 Å². The summed E-state index contributed by atoms with van der Waals surface area (Å²) in [5.74, 6) is 0. The van der Waals surface area contributed by atoms with Crippen LogP contribution in [0.15, 0.2) is 29.2 Å². The maximum atomic E-state index is 2.33. The number of fused-ring (bicyclic) bond motifs is 2. The van der Waals surface area contributed by atoms with Gasteiger partial charge in [0.15, 0.2) is 0 Å². The van der Waals surface area contributed by atoms with E-state index in [0.717, 1.165) is 10.5 Å². The summed E-state index contributed by atoms with van der Waals surface area (Å²) in [4.78, 5) is 1.57. The van der Waals surface area contributed by atoms with Gasteiger partial charge >= 0.3 is 106 Å². The quantitative estimate of drug-likeness (QED) is 0.676. The van der Waals surface area contributed by atoms with Gasteiger partial charge in [-0.3, -0.25) is 0 Å². The van der Waals surface area contributed by atoms with E-state index < -0.39 is 0 Å². The predicted octanol–water partition coefficient (Wildman–Crippen LogP) is 3.08. The second-order valence-electron chi connectivity index (χ2n) is 4.11. The van der Waals surface area contributed by atoms with Gasteiger partial charge in [-0.1, -0.05) is 0 Å². The monoisotopic (exact) mass is 302 g/mol. The van der Waals surface area contributed by atoms with Crippen molar-refractivity contribution >= 4 is 40.2 Å². The van der Waals surface area contributed by atoms with Crippen LogP contribution >= 0.6 is 21.9 Å². The summed E-state index contributed by atoms with van der Waals surface area (Å²) in [6.45, 7) is 0. The first-order valence-corrected chi connectivity index (χ1v) is 10.2. The zero-order valence-electron chi connectivity index (χ0n) is 8.52. The van der Waals surface area contributed by atoms with Crippen molar-refractivity contribution in [1.29, 1.82) is 0 Å². The van der Waals surface area contributed by atoms with Crippen LogP contribution in [0.3, 0.4) is 0 Å². The Morgan fingerprint density at radius 3 is 2.80 bits per heavy atom. The van der Waals surface area contributed by atoms with Gasteiger partial charge in [0, 0.05) is 0 Å². The fraction of sp³-hybridized carbons (Fsp3) is 0.500. The summed E-state index contributed by atoms with van der Waals surface area (Å²) in [5.41, 5.74) is 0. The normalized spacial score (nSPS) is 30.1. The minimum absolute atomic E-state index is 0.653. The molecule has 3 rings (SSSR count). The van der Waals surface area contributed by atoms with Crippen molar-refractivity contribution in [2.75, 3.05) is 0 Å². The molecule has 0 saturated heterocycles. The summed E-state index contributed by atoms with van der Waals surface area (Å²) in [5, 5.41) is 1.84. The van der Waals surface area contributed by atoms with Crippen molar-refractivity contribution in [2.45, 2.75) is 41.1 Å². The van der Waals surface area contributed by atoms with E-state index in [4.69, 9.17) is 0 Å². The molecule has 0 N–H and O–H groups in total. The van der Waals surface area contributed by atoms with Crippen LogP contribution in [0.2, 0.25) is 0 Å². The second-order valence-corrected chi connectivity index (χ2v) is 9.53. The second kappa shape index (κ2) is 4.75. The van der Waals surface area contributed by atoms with Gasteiger partial charge in [0.2, 0.25) is 0 Å². The number of thioether (sulfide) groups is 1. The van der Waals surface area contributed by atoms with Gasteiger partial charge in [-0.15, -0.1) is 0 Å². The predicted molar refractivity (Wildman–Crippen MR) is 71.3 cm³/mol. The van der Waals surface area contributed by atoms with Crippen molar-refractivity contribution in [2.24, 2.45) is 0 Å². The van der Waals surface area contributed by atoms with Gasteiger partial charge < -0.3 is 0 Å². The topological polar surface area (TPSA) is 0 Å². The summed E-state index contributed by atoms with van der Waals surface area (Å²) in [6.07, 6.45) is 5.80. The van der Waals surface area contributed by atoms with Gasteiger partial charge in [-0.2, -0.15) is 0 Å². The molecule has 0 radical (unpaired) electrons. The maximum absolute atomic E-state index is 2.33. The molecule has 80 valence electrons. The third-order valence-electron chi connectivity index (χ3n) is 3.03. The van der Waals surface area contributed by atoms with Crippen LogP contribution in [0.1, 0.15) is 25.7 Å². The molecule has 1 aromatic rings. The standard InChI is InChI=1S/C12H14S2Se/c1-2-6-10-9(5-1)13-11-7-3-4-8-12(11)15-14-10/h3-4,7-10H,1-2,5-6H2. The van der Waals surface area contributed by atoms with Crippen LogP contribution in [0, 0.1) is 0 Å². The molecule has 0 aromatic heterocycles. The molecule has 2 aliphatic rings.